The number of furan rings is 1. The van der Waals surface area contributed by atoms with Gasteiger partial charge in [0.1, 0.15) is 11.5 Å². The van der Waals surface area contributed by atoms with Crippen LogP contribution in [-0.2, 0) is 28.2 Å². The summed E-state index contributed by atoms with van der Waals surface area (Å²) in [6, 6.07) is 20.6. The van der Waals surface area contributed by atoms with Crippen LogP contribution in [0, 0.1) is 0 Å². The Morgan fingerprint density at radius 1 is 1.03 bits per heavy atom. The minimum absolute atomic E-state index is 0.00929. The van der Waals surface area contributed by atoms with Gasteiger partial charge >= 0.3 is 0 Å². The highest BCUT2D eigenvalue weighted by atomic mass is 32.2. The topological polar surface area (TPSA) is 68.5 Å². The van der Waals surface area contributed by atoms with Crippen LogP contribution < -0.4 is 10.1 Å². The second-order valence-corrected chi connectivity index (χ2v) is 8.53. The van der Waals surface area contributed by atoms with Crippen molar-refractivity contribution >= 4 is 23.5 Å². The molecule has 0 bridgehead atoms. The molecule has 2 heterocycles. The third-order valence-corrected chi connectivity index (χ3v) is 6.24. The predicted molar refractivity (Wildman–Crippen MR) is 121 cm³/mol. The van der Waals surface area contributed by atoms with Crippen molar-refractivity contribution in [3.8, 4) is 5.75 Å². The molecule has 0 aliphatic carbocycles. The van der Waals surface area contributed by atoms with Gasteiger partial charge in [-0.05, 0) is 48.6 Å². The number of hydrogen-bond donors (Lipinski definition) is 1. The maximum atomic E-state index is 13.0. The summed E-state index contributed by atoms with van der Waals surface area (Å²) < 4.78 is 11.2. The Hall–Kier alpha value is -2.99. The average Bonchev–Trinajstić information content (AvgIpc) is 3.32. The minimum atomic E-state index is -0.597. The molecule has 4 rings (SSSR count). The van der Waals surface area contributed by atoms with Crippen LogP contribution in [0.4, 0.5) is 0 Å². The van der Waals surface area contributed by atoms with Gasteiger partial charge in [0.25, 0.3) is 5.91 Å². The van der Waals surface area contributed by atoms with Gasteiger partial charge in [0.15, 0.2) is 11.9 Å². The first-order valence-corrected chi connectivity index (χ1v) is 11.6. The van der Waals surface area contributed by atoms with Crippen molar-refractivity contribution in [3.63, 3.8) is 0 Å². The monoisotopic (exact) mass is 435 g/mol. The smallest absolute Gasteiger partial charge is 0.261 e. The molecule has 0 saturated carbocycles. The van der Waals surface area contributed by atoms with Gasteiger partial charge in [0.05, 0.1) is 23.8 Å². The first kappa shape index (κ1) is 21.2. The molecule has 2 unspecified atom stereocenters. The number of Topliss-reactive ketones (excluding diaryl/α,β-unsaturated/α-hetero) is 1. The van der Waals surface area contributed by atoms with Gasteiger partial charge in [-0.2, -0.15) is 0 Å². The molecule has 1 N–H and O–H groups in total. The Kier molecular flexibility index (Phi) is 7.10. The zero-order valence-corrected chi connectivity index (χ0v) is 18.0. The van der Waals surface area contributed by atoms with Crippen LogP contribution >= 0.6 is 11.8 Å². The molecule has 0 fully saturated rings. The Bertz CT molecular complexity index is 1000. The molecule has 6 heteroatoms. The second-order valence-electron chi connectivity index (χ2n) is 7.54. The molecule has 2 aromatic carbocycles. The van der Waals surface area contributed by atoms with E-state index in [4.69, 9.17) is 9.15 Å². The molecular weight excluding hydrogens is 410 g/mol. The molecule has 0 saturated heterocycles. The zero-order valence-electron chi connectivity index (χ0n) is 17.2. The Morgan fingerprint density at radius 2 is 1.84 bits per heavy atom. The average molecular weight is 436 g/mol. The van der Waals surface area contributed by atoms with E-state index in [1.54, 1.807) is 6.26 Å². The van der Waals surface area contributed by atoms with Gasteiger partial charge in [0.2, 0.25) is 0 Å². The van der Waals surface area contributed by atoms with E-state index < -0.39 is 12.1 Å². The van der Waals surface area contributed by atoms with E-state index in [1.807, 2.05) is 66.7 Å². The molecule has 2 atom stereocenters. The summed E-state index contributed by atoms with van der Waals surface area (Å²) in [5.41, 5.74) is 2.12. The number of aryl methyl sites for hydroxylation is 1. The number of hydrogen-bond acceptors (Lipinski definition) is 5. The number of benzene rings is 2. The normalized spacial score (nSPS) is 16.1. The van der Waals surface area contributed by atoms with Crippen molar-refractivity contribution in [2.75, 3.05) is 5.75 Å². The lowest BCUT2D eigenvalue weighted by atomic mass is 10.00. The summed E-state index contributed by atoms with van der Waals surface area (Å²) in [5.74, 6) is 2.24. The number of para-hydroxylation sites is 1. The molecule has 0 radical (unpaired) electrons. The SMILES string of the molecule is O=C(CSCc1ccco1)C(Cc1ccccc1)NC(=O)C1CCc2ccccc2O1. The van der Waals surface area contributed by atoms with Crippen LogP contribution in [0.1, 0.15) is 23.3 Å². The van der Waals surface area contributed by atoms with E-state index in [1.165, 1.54) is 11.8 Å². The van der Waals surface area contributed by atoms with Crippen LogP contribution in [0.25, 0.3) is 0 Å². The largest absolute Gasteiger partial charge is 0.480 e. The van der Waals surface area contributed by atoms with E-state index in [9.17, 15) is 9.59 Å². The van der Waals surface area contributed by atoms with Gasteiger partial charge in [-0.3, -0.25) is 9.59 Å². The molecule has 3 aromatic rings. The molecule has 0 spiro atoms. The molecule has 1 aliphatic heterocycles. The number of nitrogens with one attached hydrogen (secondary N) is 1. The highest BCUT2D eigenvalue weighted by Crippen LogP contribution is 2.27. The van der Waals surface area contributed by atoms with Crippen LogP contribution in [-0.4, -0.2) is 29.6 Å². The Balaban J connectivity index is 1.39. The summed E-state index contributed by atoms with van der Waals surface area (Å²) in [4.78, 5) is 25.9. The summed E-state index contributed by atoms with van der Waals surface area (Å²) >= 11 is 1.49. The van der Waals surface area contributed by atoms with Crippen LogP contribution in [0.5, 0.6) is 5.75 Å². The van der Waals surface area contributed by atoms with Gasteiger partial charge in [-0.15, -0.1) is 11.8 Å². The van der Waals surface area contributed by atoms with Crippen LogP contribution in [0.3, 0.4) is 0 Å². The quantitative estimate of drug-likeness (QED) is 0.546. The number of thioether (sulfide) groups is 1. The Labute approximate surface area is 186 Å². The van der Waals surface area contributed by atoms with Crippen molar-refractivity contribution in [1.29, 1.82) is 0 Å². The molecule has 1 amide bonds. The number of ether oxygens (including phenoxy) is 1. The number of carbonyl (C=O) groups excluding carboxylic acids is 2. The molecule has 5 nitrogen and oxygen atoms in total. The van der Waals surface area contributed by atoms with Crippen LogP contribution in [0.15, 0.2) is 77.4 Å². The van der Waals surface area contributed by atoms with E-state index in [0.717, 1.165) is 29.1 Å². The van der Waals surface area contributed by atoms with Crippen molar-refractivity contribution in [2.45, 2.75) is 37.2 Å². The summed E-state index contributed by atoms with van der Waals surface area (Å²) in [6.45, 7) is 0. The lowest BCUT2D eigenvalue weighted by molar-refractivity contribution is -0.132. The third kappa shape index (κ3) is 5.79. The first-order chi connectivity index (χ1) is 15.2. The van der Waals surface area contributed by atoms with Gasteiger partial charge in [0, 0.05) is 0 Å². The molecule has 31 heavy (non-hydrogen) atoms. The number of fused-ring (bicyclic) bond motifs is 1. The Morgan fingerprint density at radius 3 is 2.65 bits per heavy atom. The standard InChI is InChI=1S/C25H25NO4S/c27-22(17-31-16-20-10-6-14-29-20)21(15-18-7-2-1-3-8-18)26-25(28)24-13-12-19-9-4-5-11-23(19)30-24/h1-11,14,21,24H,12-13,15-17H2,(H,26,28). The third-order valence-electron chi connectivity index (χ3n) is 5.27. The van der Waals surface area contributed by atoms with E-state index in [0.29, 0.717) is 24.3 Å². The molecule has 160 valence electrons. The summed E-state index contributed by atoms with van der Waals surface area (Å²) in [5, 5.41) is 2.96. The van der Waals surface area contributed by atoms with Crippen molar-refractivity contribution in [3.05, 3.63) is 89.9 Å². The second kappa shape index (κ2) is 10.4. The fourth-order valence-corrected chi connectivity index (χ4v) is 4.49. The van der Waals surface area contributed by atoms with E-state index >= 15 is 0 Å². The highest BCUT2D eigenvalue weighted by Gasteiger charge is 2.29. The molecular formula is C25H25NO4S. The summed E-state index contributed by atoms with van der Waals surface area (Å²) in [6.07, 6.45) is 2.87. The number of rotatable bonds is 9. The van der Waals surface area contributed by atoms with Gasteiger partial charge < -0.3 is 14.5 Å². The molecule has 1 aliphatic rings. The van der Waals surface area contributed by atoms with E-state index in [2.05, 4.69) is 5.32 Å². The lowest BCUT2D eigenvalue weighted by Crippen LogP contribution is -2.49. The maximum Gasteiger partial charge on any atom is 0.261 e. The minimum Gasteiger partial charge on any atom is -0.480 e. The molecule has 1 aromatic heterocycles. The van der Waals surface area contributed by atoms with Gasteiger partial charge in [-0.1, -0.05) is 48.5 Å². The fourth-order valence-electron chi connectivity index (χ4n) is 3.62. The number of ketones is 1. The number of amides is 1. The van der Waals surface area contributed by atoms with Crippen molar-refractivity contribution in [2.24, 2.45) is 0 Å². The lowest BCUT2D eigenvalue weighted by Gasteiger charge is -2.27. The van der Waals surface area contributed by atoms with Crippen molar-refractivity contribution < 1.29 is 18.7 Å². The summed E-state index contributed by atoms with van der Waals surface area (Å²) in [7, 11) is 0. The van der Waals surface area contributed by atoms with E-state index in [-0.39, 0.29) is 11.7 Å². The zero-order chi connectivity index (χ0) is 21.5. The van der Waals surface area contributed by atoms with Gasteiger partial charge in [-0.25, -0.2) is 0 Å². The number of carbonyl (C=O) groups is 2. The maximum absolute atomic E-state index is 13.0. The predicted octanol–water partition coefficient (Wildman–Crippen LogP) is 4.20. The first-order valence-electron chi connectivity index (χ1n) is 10.4. The van der Waals surface area contributed by atoms with Crippen molar-refractivity contribution in [1.82, 2.24) is 5.32 Å². The fraction of sp³-hybridized carbons (Fsp3) is 0.280. The van der Waals surface area contributed by atoms with Crippen LogP contribution in [0.2, 0.25) is 0 Å². The highest BCUT2D eigenvalue weighted by molar-refractivity contribution is 7.99.